The van der Waals surface area contributed by atoms with E-state index < -0.39 is 0 Å². The SMILES string of the molecule is CC1CCCC(C)C1NCCc1c[nH]c2ccccc12. The molecule has 1 aliphatic rings. The van der Waals surface area contributed by atoms with Crippen molar-refractivity contribution in [1.29, 1.82) is 0 Å². The second-order valence-electron chi connectivity index (χ2n) is 6.47. The highest BCUT2D eigenvalue weighted by Crippen LogP contribution is 2.28. The molecule has 1 aromatic heterocycles. The van der Waals surface area contributed by atoms with Gasteiger partial charge in [0.1, 0.15) is 0 Å². The maximum absolute atomic E-state index is 3.81. The lowest BCUT2D eigenvalue weighted by atomic mass is 9.78. The quantitative estimate of drug-likeness (QED) is 0.859. The Bertz CT molecular complexity index is 547. The van der Waals surface area contributed by atoms with E-state index in [4.69, 9.17) is 0 Å². The van der Waals surface area contributed by atoms with Crippen LogP contribution < -0.4 is 5.32 Å². The Labute approximate surface area is 122 Å². The summed E-state index contributed by atoms with van der Waals surface area (Å²) in [7, 11) is 0. The van der Waals surface area contributed by atoms with E-state index >= 15 is 0 Å². The Balaban J connectivity index is 1.59. The first kappa shape index (κ1) is 13.7. The lowest BCUT2D eigenvalue weighted by Gasteiger charge is -2.35. The van der Waals surface area contributed by atoms with Crippen LogP contribution in [0.4, 0.5) is 0 Å². The fraction of sp³-hybridized carbons (Fsp3) is 0.556. The van der Waals surface area contributed by atoms with Gasteiger partial charge in [0.05, 0.1) is 0 Å². The van der Waals surface area contributed by atoms with Crippen LogP contribution in [-0.2, 0) is 6.42 Å². The molecule has 3 rings (SSSR count). The standard InChI is InChI=1S/C18H26N2/c1-13-6-5-7-14(2)18(13)19-11-10-15-12-20-17-9-4-3-8-16(15)17/h3-4,8-9,12-14,18-20H,5-7,10-11H2,1-2H3. The number of para-hydroxylation sites is 1. The molecule has 1 saturated carbocycles. The van der Waals surface area contributed by atoms with Gasteiger partial charge >= 0.3 is 0 Å². The first-order chi connectivity index (χ1) is 9.75. The summed E-state index contributed by atoms with van der Waals surface area (Å²) in [5, 5.41) is 5.18. The van der Waals surface area contributed by atoms with Crippen LogP contribution in [-0.4, -0.2) is 17.6 Å². The number of hydrogen-bond donors (Lipinski definition) is 2. The molecular weight excluding hydrogens is 244 g/mol. The second kappa shape index (κ2) is 6.01. The fourth-order valence-electron chi connectivity index (χ4n) is 3.80. The Morgan fingerprint density at radius 2 is 1.90 bits per heavy atom. The van der Waals surface area contributed by atoms with Crippen molar-refractivity contribution >= 4 is 10.9 Å². The van der Waals surface area contributed by atoms with Gasteiger partial charge in [0.25, 0.3) is 0 Å². The van der Waals surface area contributed by atoms with Crippen LogP contribution in [0.5, 0.6) is 0 Å². The van der Waals surface area contributed by atoms with Gasteiger partial charge in [-0.3, -0.25) is 0 Å². The summed E-state index contributed by atoms with van der Waals surface area (Å²) >= 11 is 0. The number of aromatic nitrogens is 1. The zero-order valence-electron chi connectivity index (χ0n) is 12.7. The summed E-state index contributed by atoms with van der Waals surface area (Å²) in [4.78, 5) is 3.37. The summed E-state index contributed by atoms with van der Waals surface area (Å²) in [5.74, 6) is 1.64. The van der Waals surface area contributed by atoms with Gasteiger partial charge in [-0.1, -0.05) is 38.5 Å². The average molecular weight is 270 g/mol. The maximum Gasteiger partial charge on any atom is 0.0456 e. The van der Waals surface area contributed by atoms with Crippen molar-refractivity contribution < 1.29 is 0 Å². The molecule has 0 aliphatic heterocycles. The van der Waals surface area contributed by atoms with Crippen LogP contribution in [0.2, 0.25) is 0 Å². The molecule has 0 saturated heterocycles. The van der Waals surface area contributed by atoms with Crippen molar-refractivity contribution in [1.82, 2.24) is 10.3 Å². The number of rotatable bonds is 4. The van der Waals surface area contributed by atoms with Gasteiger partial charge in [0.15, 0.2) is 0 Å². The van der Waals surface area contributed by atoms with E-state index in [9.17, 15) is 0 Å². The van der Waals surface area contributed by atoms with Crippen molar-refractivity contribution in [3.8, 4) is 0 Å². The predicted octanol–water partition coefficient (Wildman–Crippen LogP) is 4.12. The van der Waals surface area contributed by atoms with E-state index in [1.807, 2.05) is 0 Å². The summed E-state index contributed by atoms with van der Waals surface area (Å²) in [5.41, 5.74) is 2.69. The van der Waals surface area contributed by atoms with E-state index in [1.165, 1.54) is 35.7 Å². The molecule has 0 amide bonds. The van der Waals surface area contributed by atoms with Gasteiger partial charge in [0, 0.05) is 23.1 Å². The van der Waals surface area contributed by atoms with E-state index in [0.29, 0.717) is 6.04 Å². The number of hydrogen-bond acceptors (Lipinski definition) is 1. The zero-order chi connectivity index (χ0) is 13.9. The Morgan fingerprint density at radius 3 is 2.70 bits per heavy atom. The van der Waals surface area contributed by atoms with Crippen molar-refractivity contribution in [2.24, 2.45) is 11.8 Å². The largest absolute Gasteiger partial charge is 0.361 e. The van der Waals surface area contributed by atoms with Gasteiger partial charge in [-0.2, -0.15) is 0 Å². The Hall–Kier alpha value is -1.28. The number of benzene rings is 1. The third-order valence-corrected chi connectivity index (χ3v) is 4.99. The molecule has 20 heavy (non-hydrogen) atoms. The minimum Gasteiger partial charge on any atom is -0.361 e. The highest BCUT2D eigenvalue weighted by atomic mass is 14.9. The Kier molecular flexibility index (Phi) is 4.11. The molecule has 2 nitrogen and oxygen atoms in total. The normalized spacial score (nSPS) is 27.0. The van der Waals surface area contributed by atoms with E-state index in [-0.39, 0.29) is 0 Å². The minimum atomic E-state index is 0.703. The molecule has 0 radical (unpaired) electrons. The molecule has 1 fully saturated rings. The number of nitrogens with one attached hydrogen (secondary N) is 2. The van der Waals surface area contributed by atoms with Crippen molar-refractivity contribution in [3.05, 3.63) is 36.0 Å². The first-order valence-corrected chi connectivity index (χ1v) is 8.04. The molecule has 2 heteroatoms. The summed E-state index contributed by atoms with van der Waals surface area (Å²) in [6, 6.07) is 9.28. The smallest absolute Gasteiger partial charge is 0.0456 e. The highest BCUT2D eigenvalue weighted by Gasteiger charge is 2.26. The molecule has 2 aromatic rings. The summed E-state index contributed by atoms with van der Waals surface area (Å²) in [6.07, 6.45) is 7.45. The van der Waals surface area contributed by atoms with E-state index in [2.05, 4.69) is 54.6 Å². The molecule has 108 valence electrons. The van der Waals surface area contributed by atoms with Crippen LogP contribution in [0.15, 0.2) is 30.5 Å². The van der Waals surface area contributed by atoms with Gasteiger partial charge in [0.2, 0.25) is 0 Å². The van der Waals surface area contributed by atoms with Crippen LogP contribution in [0.25, 0.3) is 10.9 Å². The molecule has 1 aromatic carbocycles. The number of H-pyrrole nitrogens is 1. The second-order valence-corrected chi connectivity index (χ2v) is 6.47. The van der Waals surface area contributed by atoms with E-state index in [1.54, 1.807) is 0 Å². The van der Waals surface area contributed by atoms with Crippen LogP contribution in [0.3, 0.4) is 0 Å². The van der Waals surface area contributed by atoms with Crippen molar-refractivity contribution in [2.45, 2.75) is 45.6 Å². The van der Waals surface area contributed by atoms with Crippen LogP contribution in [0, 0.1) is 11.8 Å². The van der Waals surface area contributed by atoms with Gasteiger partial charge in [-0.25, -0.2) is 0 Å². The van der Waals surface area contributed by atoms with Crippen LogP contribution in [0.1, 0.15) is 38.7 Å². The van der Waals surface area contributed by atoms with Crippen LogP contribution >= 0.6 is 0 Å². The van der Waals surface area contributed by atoms with Crippen molar-refractivity contribution in [2.75, 3.05) is 6.54 Å². The fourth-order valence-corrected chi connectivity index (χ4v) is 3.80. The minimum absolute atomic E-state index is 0.703. The average Bonchev–Trinajstić information content (AvgIpc) is 2.86. The molecule has 0 bridgehead atoms. The first-order valence-electron chi connectivity index (χ1n) is 8.04. The summed E-state index contributed by atoms with van der Waals surface area (Å²) < 4.78 is 0. The van der Waals surface area contributed by atoms with Gasteiger partial charge < -0.3 is 10.3 Å². The van der Waals surface area contributed by atoms with Gasteiger partial charge in [-0.05, 0) is 49.3 Å². The zero-order valence-corrected chi connectivity index (χ0v) is 12.7. The maximum atomic E-state index is 3.81. The lowest BCUT2D eigenvalue weighted by molar-refractivity contribution is 0.210. The third kappa shape index (κ3) is 2.76. The van der Waals surface area contributed by atoms with E-state index in [0.717, 1.165) is 24.8 Å². The Morgan fingerprint density at radius 1 is 1.15 bits per heavy atom. The molecule has 2 unspecified atom stereocenters. The lowest BCUT2D eigenvalue weighted by Crippen LogP contribution is -2.43. The monoisotopic (exact) mass is 270 g/mol. The topological polar surface area (TPSA) is 27.8 Å². The highest BCUT2D eigenvalue weighted by molar-refractivity contribution is 5.83. The molecular formula is C18H26N2. The number of fused-ring (bicyclic) bond motifs is 1. The molecule has 2 atom stereocenters. The molecule has 0 spiro atoms. The molecule has 1 aliphatic carbocycles. The van der Waals surface area contributed by atoms with Crippen molar-refractivity contribution in [3.63, 3.8) is 0 Å². The predicted molar refractivity (Wildman–Crippen MR) is 86.0 cm³/mol. The molecule has 1 heterocycles. The van der Waals surface area contributed by atoms with Gasteiger partial charge in [-0.15, -0.1) is 0 Å². The summed E-state index contributed by atoms with van der Waals surface area (Å²) in [6.45, 7) is 5.89. The third-order valence-electron chi connectivity index (χ3n) is 4.99. The molecule has 2 N–H and O–H groups in total. The number of aromatic amines is 1.